The van der Waals surface area contributed by atoms with Gasteiger partial charge in [0.15, 0.2) is 0 Å². The lowest BCUT2D eigenvalue weighted by Gasteiger charge is -2.48. The standard InChI is InChI=1S/C21H29N3O7S/c1-5-6-13-31-15-7-9-16(10-8-15)32(29,30)23-21(18(25)22-28)11-12-24(19(26)27)17(14-21)20(2,3)4/h7-10,17,23,28H,11-14H2,1-4H3,(H,22,25)(H,26,27). The van der Waals surface area contributed by atoms with E-state index in [-0.39, 0.29) is 30.9 Å². The molecule has 0 aliphatic carbocycles. The minimum absolute atomic E-state index is 0.0849. The fourth-order valence-electron chi connectivity index (χ4n) is 3.69. The predicted molar refractivity (Wildman–Crippen MR) is 116 cm³/mol. The Kier molecular flexibility index (Phi) is 7.77. The highest BCUT2D eigenvalue weighted by Crippen LogP contribution is 2.37. The zero-order valence-corrected chi connectivity index (χ0v) is 19.3. The summed E-state index contributed by atoms with van der Waals surface area (Å²) in [7, 11) is -4.19. The lowest BCUT2D eigenvalue weighted by atomic mass is 9.73. The Bertz CT molecular complexity index is 1010. The van der Waals surface area contributed by atoms with Crippen LogP contribution in [0.25, 0.3) is 0 Å². The van der Waals surface area contributed by atoms with E-state index in [1.54, 1.807) is 27.7 Å². The highest BCUT2D eigenvalue weighted by molar-refractivity contribution is 7.89. The third kappa shape index (κ3) is 5.70. The van der Waals surface area contributed by atoms with Crippen LogP contribution in [0.4, 0.5) is 4.79 Å². The number of hydrogen-bond donors (Lipinski definition) is 4. The number of carboxylic acid groups (broad SMARTS) is 1. The Balaban J connectivity index is 2.36. The van der Waals surface area contributed by atoms with E-state index >= 15 is 0 Å². The topological polar surface area (TPSA) is 145 Å². The molecule has 4 N–H and O–H groups in total. The molecule has 2 atom stereocenters. The Labute approximate surface area is 187 Å². The minimum Gasteiger partial charge on any atom is -0.481 e. The van der Waals surface area contributed by atoms with E-state index in [9.17, 15) is 28.3 Å². The summed E-state index contributed by atoms with van der Waals surface area (Å²) < 4.78 is 34.0. The highest BCUT2D eigenvalue weighted by Gasteiger charge is 2.51. The number of amides is 2. The summed E-state index contributed by atoms with van der Waals surface area (Å²) in [5.74, 6) is 4.90. The van der Waals surface area contributed by atoms with Crippen LogP contribution in [0.15, 0.2) is 29.2 Å². The van der Waals surface area contributed by atoms with Gasteiger partial charge in [0, 0.05) is 12.6 Å². The van der Waals surface area contributed by atoms with Gasteiger partial charge in [0.25, 0.3) is 5.91 Å². The summed E-state index contributed by atoms with van der Waals surface area (Å²) in [6.07, 6.45) is -1.45. The van der Waals surface area contributed by atoms with Crippen molar-refractivity contribution in [2.24, 2.45) is 5.41 Å². The maximum absolute atomic E-state index is 13.1. The predicted octanol–water partition coefficient (Wildman–Crippen LogP) is 1.80. The maximum Gasteiger partial charge on any atom is 0.407 e. The number of hydrogen-bond acceptors (Lipinski definition) is 6. The molecular formula is C21H29N3O7S. The number of ether oxygens (including phenoxy) is 1. The molecule has 1 saturated heterocycles. The molecule has 1 aromatic carbocycles. The van der Waals surface area contributed by atoms with Crippen LogP contribution in [0.2, 0.25) is 0 Å². The molecule has 1 aliphatic rings. The zero-order valence-electron chi connectivity index (χ0n) is 18.5. The molecule has 32 heavy (non-hydrogen) atoms. The quantitative estimate of drug-likeness (QED) is 0.283. The average molecular weight is 468 g/mol. The SMILES string of the molecule is CC#CCOc1ccc(S(=O)(=O)NC2(C(=O)NO)CCN(C(=O)O)C(C(C)(C)C)C2)cc1. The first-order valence-corrected chi connectivity index (χ1v) is 11.4. The summed E-state index contributed by atoms with van der Waals surface area (Å²) in [4.78, 5) is 25.5. The van der Waals surface area contributed by atoms with Crippen molar-refractivity contribution in [3.8, 4) is 17.6 Å². The summed E-state index contributed by atoms with van der Waals surface area (Å²) in [6.45, 7) is 7.16. The van der Waals surface area contributed by atoms with E-state index in [2.05, 4.69) is 16.6 Å². The van der Waals surface area contributed by atoms with E-state index in [0.29, 0.717) is 5.75 Å². The fourth-order valence-corrected chi connectivity index (χ4v) is 5.09. The maximum atomic E-state index is 13.1. The molecule has 2 unspecified atom stereocenters. The van der Waals surface area contributed by atoms with Gasteiger partial charge < -0.3 is 14.7 Å². The second-order valence-electron chi connectivity index (χ2n) is 8.63. The second-order valence-corrected chi connectivity index (χ2v) is 10.3. The lowest BCUT2D eigenvalue weighted by Crippen LogP contribution is -2.67. The van der Waals surface area contributed by atoms with Crippen molar-refractivity contribution >= 4 is 22.0 Å². The summed E-state index contributed by atoms with van der Waals surface area (Å²) in [5, 5.41) is 18.9. The number of benzene rings is 1. The second kappa shape index (κ2) is 9.77. The minimum atomic E-state index is -4.19. The van der Waals surface area contributed by atoms with Gasteiger partial charge in [0.2, 0.25) is 10.0 Å². The molecule has 0 saturated carbocycles. The van der Waals surface area contributed by atoms with E-state index in [1.165, 1.54) is 34.6 Å². The Morgan fingerprint density at radius 3 is 2.41 bits per heavy atom. The Hall–Kier alpha value is -2.81. The first kappa shape index (κ1) is 25.5. The molecule has 0 radical (unpaired) electrons. The van der Waals surface area contributed by atoms with E-state index in [1.807, 2.05) is 0 Å². The number of rotatable bonds is 6. The third-order valence-corrected chi connectivity index (χ3v) is 6.98. The van der Waals surface area contributed by atoms with E-state index in [4.69, 9.17) is 4.74 Å². The van der Waals surface area contributed by atoms with Gasteiger partial charge in [0.05, 0.1) is 4.90 Å². The molecule has 1 aromatic rings. The number of likely N-dealkylation sites (tertiary alicyclic amines) is 1. The Morgan fingerprint density at radius 2 is 1.91 bits per heavy atom. The molecule has 0 spiro atoms. The monoisotopic (exact) mass is 467 g/mol. The largest absolute Gasteiger partial charge is 0.481 e. The number of carbonyl (C=O) groups is 2. The van der Waals surface area contributed by atoms with Gasteiger partial charge in [-0.25, -0.2) is 18.7 Å². The van der Waals surface area contributed by atoms with Crippen LogP contribution in [0.1, 0.15) is 40.5 Å². The normalized spacial score (nSPS) is 21.3. The van der Waals surface area contributed by atoms with Crippen molar-refractivity contribution in [3.63, 3.8) is 0 Å². The van der Waals surface area contributed by atoms with Crippen LogP contribution < -0.4 is 14.9 Å². The first-order valence-electron chi connectivity index (χ1n) is 9.97. The molecule has 2 amide bonds. The molecule has 11 heteroatoms. The van der Waals surface area contributed by atoms with Gasteiger partial charge in [-0.1, -0.05) is 26.7 Å². The first-order chi connectivity index (χ1) is 14.9. The highest BCUT2D eigenvalue weighted by atomic mass is 32.2. The molecule has 10 nitrogen and oxygen atoms in total. The molecule has 1 aliphatic heterocycles. The van der Waals surface area contributed by atoms with E-state index in [0.717, 1.165) is 0 Å². The zero-order chi connectivity index (χ0) is 24.2. The number of nitrogens with one attached hydrogen (secondary N) is 2. The van der Waals surface area contributed by atoms with Crippen LogP contribution in [-0.4, -0.2) is 60.4 Å². The smallest absolute Gasteiger partial charge is 0.407 e. The third-order valence-electron chi connectivity index (χ3n) is 5.43. The molecule has 176 valence electrons. The summed E-state index contributed by atoms with van der Waals surface area (Å²) in [5.41, 5.74) is -0.786. The molecular weight excluding hydrogens is 438 g/mol. The molecule has 0 bridgehead atoms. The van der Waals surface area contributed by atoms with Crippen LogP contribution >= 0.6 is 0 Å². The molecule has 1 heterocycles. The van der Waals surface area contributed by atoms with Crippen LogP contribution in [0, 0.1) is 17.3 Å². The van der Waals surface area contributed by atoms with Crippen molar-refractivity contribution in [2.45, 2.75) is 57.0 Å². The molecule has 2 rings (SSSR count). The average Bonchev–Trinajstić information content (AvgIpc) is 2.72. The van der Waals surface area contributed by atoms with Gasteiger partial charge in [-0.3, -0.25) is 10.0 Å². The van der Waals surface area contributed by atoms with Crippen molar-refractivity contribution in [1.82, 2.24) is 15.1 Å². The Morgan fingerprint density at radius 1 is 1.28 bits per heavy atom. The van der Waals surface area contributed by atoms with Gasteiger partial charge in [-0.05, 0) is 49.4 Å². The summed E-state index contributed by atoms with van der Waals surface area (Å²) in [6, 6.07) is 4.92. The van der Waals surface area contributed by atoms with Crippen molar-refractivity contribution in [2.75, 3.05) is 13.2 Å². The van der Waals surface area contributed by atoms with Crippen molar-refractivity contribution < 1.29 is 33.1 Å². The fraction of sp³-hybridized carbons (Fsp3) is 0.524. The van der Waals surface area contributed by atoms with Gasteiger partial charge in [-0.2, -0.15) is 4.72 Å². The van der Waals surface area contributed by atoms with E-state index < -0.39 is 39.0 Å². The van der Waals surface area contributed by atoms with Crippen molar-refractivity contribution in [1.29, 1.82) is 0 Å². The number of nitrogens with zero attached hydrogens (tertiary/aromatic N) is 1. The van der Waals surface area contributed by atoms with Crippen LogP contribution in [0.3, 0.4) is 0 Å². The van der Waals surface area contributed by atoms with Crippen LogP contribution in [-0.2, 0) is 14.8 Å². The number of sulfonamides is 1. The van der Waals surface area contributed by atoms with Gasteiger partial charge in [-0.15, -0.1) is 5.92 Å². The molecule has 1 fully saturated rings. The number of carbonyl (C=O) groups excluding carboxylic acids is 1. The van der Waals surface area contributed by atoms with Gasteiger partial charge >= 0.3 is 6.09 Å². The number of piperidine rings is 1. The lowest BCUT2D eigenvalue weighted by molar-refractivity contribution is -0.139. The van der Waals surface area contributed by atoms with Crippen molar-refractivity contribution in [3.05, 3.63) is 24.3 Å². The number of hydroxylamine groups is 1. The van der Waals surface area contributed by atoms with Gasteiger partial charge in [0.1, 0.15) is 17.9 Å². The summed E-state index contributed by atoms with van der Waals surface area (Å²) >= 11 is 0. The van der Waals surface area contributed by atoms with Crippen LogP contribution in [0.5, 0.6) is 5.75 Å². The molecule has 0 aromatic heterocycles.